The number of carbonyl (C=O) groups excluding carboxylic acids is 1. The van der Waals surface area contributed by atoms with Gasteiger partial charge in [-0.3, -0.25) is 9.55 Å². The summed E-state index contributed by atoms with van der Waals surface area (Å²) in [6.07, 6.45) is 4.59. The van der Waals surface area contributed by atoms with Crippen LogP contribution in [0.5, 0.6) is 0 Å². The van der Waals surface area contributed by atoms with E-state index in [0.29, 0.717) is 25.4 Å². The van der Waals surface area contributed by atoms with Crippen molar-refractivity contribution in [3.05, 3.63) is 113 Å². The van der Waals surface area contributed by atoms with Crippen LogP contribution in [0.3, 0.4) is 0 Å². The molecular formula is C33H34N4O4. The second-order valence-corrected chi connectivity index (χ2v) is 10.3. The average Bonchev–Trinajstić information content (AvgIpc) is 3.68. The van der Waals surface area contributed by atoms with Crippen LogP contribution >= 0.6 is 0 Å². The lowest BCUT2D eigenvalue weighted by Gasteiger charge is -2.31. The van der Waals surface area contributed by atoms with Gasteiger partial charge in [-0.15, -0.1) is 0 Å². The number of ether oxygens (including phenoxy) is 3. The summed E-state index contributed by atoms with van der Waals surface area (Å²) in [6, 6.07) is 26.1. The highest BCUT2D eigenvalue weighted by Gasteiger charge is 2.32. The van der Waals surface area contributed by atoms with Crippen LogP contribution in [0.2, 0.25) is 0 Å². The van der Waals surface area contributed by atoms with Crippen molar-refractivity contribution in [2.75, 3.05) is 19.9 Å². The first-order valence-corrected chi connectivity index (χ1v) is 14.2. The Balaban J connectivity index is 1.26. The molecule has 1 fully saturated rings. The fraction of sp³-hybridized carbons (Fsp3) is 0.303. The number of hydrogen-bond donors (Lipinski definition) is 0. The first-order chi connectivity index (χ1) is 20.2. The third kappa shape index (κ3) is 5.96. The van der Waals surface area contributed by atoms with Crippen molar-refractivity contribution in [3.63, 3.8) is 0 Å². The van der Waals surface area contributed by atoms with E-state index in [4.69, 9.17) is 24.2 Å². The molecule has 210 valence electrons. The second-order valence-electron chi connectivity index (χ2n) is 10.3. The molecule has 0 radical (unpaired) electrons. The van der Waals surface area contributed by atoms with Gasteiger partial charge in [0.1, 0.15) is 12.4 Å². The summed E-state index contributed by atoms with van der Waals surface area (Å²) in [5.41, 5.74) is 4.84. The molecule has 1 saturated heterocycles. The van der Waals surface area contributed by atoms with Crippen LogP contribution in [0.1, 0.15) is 48.3 Å². The molecule has 0 unspecified atom stereocenters. The van der Waals surface area contributed by atoms with Gasteiger partial charge in [-0.2, -0.15) is 0 Å². The minimum atomic E-state index is -0.280. The number of allylic oxidation sites excluding steroid dienone is 1. The third-order valence-corrected chi connectivity index (χ3v) is 7.62. The predicted molar refractivity (Wildman–Crippen MR) is 155 cm³/mol. The second kappa shape index (κ2) is 12.3. The monoisotopic (exact) mass is 550 g/mol. The largest absolute Gasteiger partial charge is 0.456 e. The Morgan fingerprint density at radius 1 is 0.927 bits per heavy atom. The van der Waals surface area contributed by atoms with E-state index in [9.17, 15) is 4.79 Å². The van der Waals surface area contributed by atoms with Crippen molar-refractivity contribution in [1.29, 1.82) is 0 Å². The molecule has 2 aliphatic heterocycles. The van der Waals surface area contributed by atoms with E-state index in [1.807, 2.05) is 72.9 Å². The average molecular weight is 551 g/mol. The van der Waals surface area contributed by atoms with Crippen LogP contribution in [0, 0.1) is 0 Å². The van der Waals surface area contributed by atoms with Crippen molar-refractivity contribution >= 4 is 12.0 Å². The van der Waals surface area contributed by atoms with Gasteiger partial charge in [0, 0.05) is 31.1 Å². The number of piperidine rings is 1. The highest BCUT2D eigenvalue weighted by Crippen LogP contribution is 2.36. The van der Waals surface area contributed by atoms with Crippen molar-refractivity contribution < 1.29 is 19.0 Å². The summed E-state index contributed by atoms with van der Waals surface area (Å²) in [7, 11) is 0. The number of nitrogens with zero attached hydrogens (tertiary/aromatic N) is 4. The van der Waals surface area contributed by atoms with Gasteiger partial charge >= 0.3 is 6.09 Å². The van der Waals surface area contributed by atoms with Crippen molar-refractivity contribution in [3.8, 4) is 11.4 Å². The predicted octanol–water partition coefficient (Wildman–Crippen LogP) is 6.40. The van der Waals surface area contributed by atoms with Gasteiger partial charge in [0.15, 0.2) is 5.76 Å². The minimum absolute atomic E-state index is 0.131. The number of benzene rings is 2. The van der Waals surface area contributed by atoms with Crippen LogP contribution in [0.25, 0.3) is 17.3 Å². The summed E-state index contributed by atoms with van der Waals surface area (Å²) in [6.45, 7) is 3.71. The van der Waals surface area contributed by atoms with Gasteiger partial charge < -0.3 is 19.1 Å². The molecule has 4 heterocycles. The number of carbonyl (C=O) groups is 1. The quantitative estimate of drug-likeness (QED) is 0.253. The van der Waals surface area contributed by atoms with E-state index in [2.05, 4.69) is 23.6 Å². The summed E-state index contributed by atoms with van der Waals surface area (Å²) < 4.78 is 19.8. The van der Waals surface area contributed by atoms with Crippen molar-refractivity contribution in [2.24, 2.45) is 0 Å². The molecule has 0 spiro atoms. The van der Waals surface area contributed by atoms with Gasteiger partial charge in [0.25, 0.3) is 0 Å². The Morgan fingerprint density at radius 2 is 1.66 bits per heavy atom. The topological polar surface area (TPSA) is 78.7 Å². The van der Waals surface area contributed by atoms with Crippen LogP contribution in [0.15, 0.2) is 90.8 Å². The van der Waals surface area contributed by atoms with Gasteiger partial charge in [-0.05, 0) is 42.5 Å². The lowest BCUT2D eigenvalue weighted by Crippen LogP contribution is -2.38. The van der Waals surface area contributed by atoms with E-state index in [1.54, 1.807) is 4.90 Å². The Kier molecular flexibility index (Phi) is 7.98. The highest BCUT2D eigenvalue weighted by atomic mass is 16.7. The lowest BCUT2D eigenvalue weighted by atomic mass is 9.96. The normalized spacial score (nSPS) is 15.5. The number of hydrogen-bond acceptors (Lipinski definition) is 6. The zero-order valence-corrected chi connectivity index (χ0v) is 23.2. The van der Waals surface area contributed by atoms with Gasteiger partial charge in [-0.25, -0.2) is 9.78 Å². The fourth-order valence-corrected chi connectivity index (χ4v) is 5.39. The molecule has 0 N–H and O–H groups in total. The summed E-state index contributed by atoms with van der Waals surface area (Å²) in [5.74, 6) is 2.45. The number of likely N-dealkylation sites (tertiary alicyclic amines) is 1. The summed E-state index contributed by atoms with van der Waals surface area (Å²) in [5, 5.41) is 0. The van der Waals surface area contributed by atoms with Crippen LogP contribution in [-0.4, -0.2) is 45.4 Å². The molecule has 0 aliphatic carbocycles. The molecule has 1 amide bonds. The minimum Gasteiger partial charge on any atom is -0.456 e. The molecule has 8 heteroatoms. The third-order valence-electron chi connectivity index (χ3n) is 7.62. The molecule has 4 aromatic rings. The van der Waals surface area contributed by atoms with E-state index < -0.39 is 0 Å². The Labute approximate surface area is 240 Å². The zero-order chi connectivity index (χ0) is 28.0. The molecule has 41 heavy (non-hydrogen) atoms. The van der Waals surface area contributed by atoms with Gasteiger partial charge in [0.05, 0.1) is 17.6 Å². The first-order valence-electron chi connectivity index (χ1n) is 14.2. The molecule has 0 bridgehead atoms. The molecular weight excluding hydrogens is 516 g/mol. The SMILES string of the molecule is CCc1cccc(-c2cnc(C3CCN(C(=O)OCc4ccccc4)CC3)n2C2=C(Cc3ccccc3)OCO2)n1. The van der Waals surface area contributed by atoms with Gasteiger partial charge in [0.2, 0.25) is 12.7 Å². The number of amides is 1. The molecule has 2 aliphatic rings. The fourth-order valence-electron chi connectivity index (χ4n) is 5.39. The lowest BCUT2D eigenvalue weighted by molar-refractivity contribution is 0.0810. The molecule has 0 saturated carbocycles. The van der Waals surface area contributed by atoms with Crippen molar-refractivity contribution in [1.82, 2.24) is 19.4 Å². The van der Waals surface area contributed by atoms with E-state index in [1.165, 1.54) is 0 Å². The van der Waals surface area contributed by atoms with Crippen LogP contribution in [-0.2, 0) is 33.7 Å². The number of pyridine rings is 1. The Morgan fingerprint density at radius 3 is 2.39 bits per heavy atom. The molecule has 0 atom stereocenters. The number of rotatable bonds is 8. The number of aromatic nitrogens is 3. The van der Waals surface area contributed by atoms with Crippen LogP contribution in [0.4, 0.5) is 4.79 Å². The maximum absolute atomic E-state index is 12.8. The zero-order valence-electron chi connectivity index (χ0n) is 23.2. The highest BCUT2D eigenvalue weighted by molar-refractivity contribution is 5.68. The molecule has 6 rings (SSSR count). The van der Waals surface area contributed by atoms with Gasteiger partial charge in [-0.1, -0.05) is 73.7 Å². The smallest absolute Gasteiger partial charge is 0.410 e. The molecule has 2 aromatic heterocycles. The Bertz CT molecular complexity index is 1510. The van der Waals surface area contributed by atoms with Crippen molar-refractivity contribution in [2.45, 2.75) is 45.1 Å². The van der Waals surface area contributed by atoms with E-state index in [0.717, 1.165) is 59.1 Å². The molecule has 8 nitrogen and oxygen atoms in total. The maximum atomic E-state index is 12.8. The van der Waals surface area contributed by atoms with E-state index in [-0.39, 0.29) is 25.4 Å². The van der Waals surface area contributed by atoms with E-state index >= 15 is 0 Å². The Hall–Kier alpha value is -4.59. The summed E-state index contributed by atoms with van der Waals surface area (Å²) >= 11 is 0. The standard InChI is InChI=1S/C33H34N4O4/c1-2-27-14-9-15-28(35-27)29-21-34-31(37(29)32-30(40-23-41-32)20-24-10-5-3-6-11-24)26-16-18-36(19-17-26)33(38)39-22-25-12-7-4-8-13-25/h3-15,21,26H,2,16-20,22-23H2,1H3. The summed E-state index contributed by atoms with van der Waals surface area (Å²) in [4.78, 5) is 24.4. The van der Waals surface area contributed by atoms with Crippen LogP contribution < -0.4 is 0 Å². The molecule has 2 aromatic carbocycles. The first kappa shape index (κ1) is 26.6. The number of imidazole rings is 1. The number of aryl methyl sites for hydroxylation is 1. The maximum Gasteiger partial charge on any atom is 0.410 e.